The summed E-state index contributed by atoms with van der Waals surface area (Å²) in [7, 11) is 0. The van der Waals surface area contributed by atoms with E-state index in [1.54, 1.807) is 0 Å². The van der Waals surface area contributed by atoms with Gasteiger partial charge in [0.25, 0.3) is 0 Å². The van der Waals surface area contributed by atoms with Crippen molar-refractivity contribution in [1.29, 1.82) is 0 Å². The number of carbonyl (C=O) groups is 1. The zero-order chi connectivity index (χ0) is 14.9. The summed E-state index contributed by atoms with van der Waals surface area (Å²) >= 11 is 0. The van der Waals surface area contributed by atoms with Crippen LogP contribution in [0.25, 0.3) is 0 Å². The van der Waals surface area contributed by atoms with Crippen molar-refractivity contribution >= 4 is 11.6 Å². The van der Waals surface area contributed by atoms with Crippen LogP contribution in [0.4, 0.5) is 5.69 Å². The van der Waals surface area contributed by atoms with Gasteiger partial charge in [-0.1, -0.05) is 31.5 Å². The van der Waals surface area contributed by atoms with Crippen LogP contribution >= 0.6 is 0 Å². The van der Waals surface area contributed by atoms with Crippen molar-refractivity contribution in [3.63, 3.8) is 0 Å². The van der Waals surface area contributed by atoms with E-state index in [4.69, 9.17) is 0 Å². The molecule has 0 aliphatic carbocycles. The van der Waals surface area contributed by atoms with Gasteiger partial charge in [-0.25, -0.2) is 0 Å². The average Bonchev–Trinajstić information content (AvgIpc) is 2.32. The van der Waals surface area contributed by atoms with Crippen LogP contribution in [0, 0.1) is 26.2 Å². The summed E-state index contributed by atoms with van der Waals surface area (Å²) in [5.74, 6) is 0.0877. The Hall–Kier alpha value is -1.35. The van der Waals surface area contributed by atoms with Crippen molar-refractivity contribution in [3.05, 3.63) is 28.8 Å². The summed E-state index contributed by atoms with van der Waals surface area (Å²) in [6.07, 6.45) is 2.23. The van der Waals surface area contributed by atoms with Gasteiger partial charge in [-0.2, -0.15) is 0 Å². The maximum Gasteiger partial charge on any atom is 0.242 e. The number of carbonyl (C=O) groups excluding carboxylic acids is 1. The minimum atomic E-state index is -0.114. The maximum absolute atomic E-state index is 12.6. The zero-order valence-electron chi connectivity index (χ0n) is 13.3. The number of nitrogens with one attached hydrogen (secondary N) is 2. The molecule has 3 nitrogen and oxygen atoms in total. The topological polar surface area (TPSA) is 41.1 Å². The molecule has 0 saturated carbocycles. The van der Waals surface area contributed by atoms with Gasteiger partial charge in [0.2, 0.25) is 5.91 Å². The monoisotopic (exact) mass is 274 g/mol. The Balaban J connectivity index is 2.20. The van der Waals surface area contributed by atoms with Gasteiger partial charge in [-0.05, 0) is 56.7 Å². The van der Waals surface area contributed by atoms with Gasteiger partial charge in [0.05, 0.1) is 6.04 Å². The van der Waals surface area contributed by atoms with Gasteiger partial charge in [-0.3, -0.25) is 4.79 Å². The molecule has 1 saturated heterocycles. The molecule has 0 radical (unpaired) electrons. The molecule has 1 aromatic rings. The van der Waals surface area contributed by atoms with Crippen LogP contribution < -0.4 is 10.6 Å². The Bertz CT molecular complexity index is 497. The Labute approximate surface area is 122 Å². The highest BCUT2D eigenvalue weighted by Gasteiger charge is 2.37. The van der Waals surface area contributed by atoms with E-state index in [0.717, 1.165) is 36.2 Å². The molecule has 1 amide bonds. The van der Waals surface area contributed by atoms with Crippen molar-refractivity contribution in [1.82, 2.24) is 5.32 Å². The standard InChI is InChI=1S/C17H26N2O/c1-11-9-12(2)14(13(3)10-11)19-16(20)15-17(4,5)7-6-8-18-15/h9-10,15,18H,6-8H2,1-5H3,(H,19,20). The summed E-state index contributed by atoms with van der Waals surface area (Å²) < 4.78 is 0. The highest BCUT2D eigenvalue weighted by molar-refractivity contribution is 5.96. The summed E-state index contributed by atoms with van der Waals surface area (Å²) in [5, 5.41) is 6.50. The molecule has 1 atom stereocenters. The second kappa shape index (κ2) is 5.57. The molecular formula is C17H26N2O. The third kappa shape index (κ3) is 3.04. The number of benzene rings is 1. The smallest absolute Gasteiger partial charge is 0.242 e. The molecule has 1 aliphatic rings. The molecule has 1 aliphatic heterocycles. The summed E-state index contributed by atoms with van der Waals surface area (Å²) in [6, 6.07) is 4.11. The highest BCUT2D eigenvalue weighted by atomic mass is 16.2. The summed E-state index contributed by atoms with van der Waals surface area (Å²) in [5.41, 5.74) is 4.46. The molecule has 110 valence electrons. The fourth-order valence-electron chi connectivity index (χ4n) is 3.23. The molecule has 3 heteroatoms. The van der Waals surface area contributed by atoms with E-state index in [9.17, 15) is 4.79 Å². The van der Waals surface area contributed by atoms with E-state index >= 15 is 0 Å². The van der Waals surface area contributed by atoms with E-state index in [1.165, 1.54) is 5.56 Å². The van der Waals surface area contributed by atoms with Crippen LogP contribution in [0.3, 0.4) is 0 Å². The van der Waals surface area contributed by atoms with Gasteiger partial charge < -0.3 is 10.6 Å². The van der Waals surface area contributed by atoms with Crippen molar-refractivity contribution in [2.24, 2.45) is 5.41 Å². The molecule has 0 bridgehead atoms. The lowest BCUT2D eigenvalue weighted by atomic mass is 9.77. The number of rotatable bonds is 2. The fourth-order valence-corrected chi connectivity index (χ4v) is 3.23. The number of hydrogen-bond acceptors (Lipinski definition) is 2. The van der Waals surface area contributed by atoms with Crippen molar-refractivity contribution in [2.45, 2.75) is 53.5 Å². The molecular weight excluding hydrogens is 248 g/mol. The summed E-state index contributed by atoms with van der Waals surface area (Å²) in [4.78, 5) is 12.6. The molecule has 0 aromatic heterocycles. The lowest BCUT2D eigenvalue weighted by molar-refractivity contribution is -0.121. The Kier molecular flexibility index (Phi) is 4.19. The average molecular weight is 274 g/mol. The number of piperidine rings is 1. The fraction of sp³-hybridized carbons (Fsp3) is 0.588. The molecule has 20 heavy (non-hydrogen) atoms. The number of amides is 1. The first kappa shape index (κ1) is 15.0. The quantitative estimate of drug-likeness (QED) is 0.868. The molecule has 2 rings (SSSR count). The van der Waals surface area contributed by atoms with E-state index in [0.29, 0.717) is 0 Å². The number of anilines is 1. The zero-order valence-corrected chi connectivity index (χ0v) is 13.3. The van der Waals surface area contributed by atoms with Crippen LogP contribution in [0.5, 0.6) is 0 Å². The normalized spacial score (nSPS) is 21.6. The lowest BCUT2D eigenvalue weighted by Crippen LogP contribution is -2.53. The molecule has 2 N–H and O–H groups in total. The molecule has 1 heterocycles. The van der Waals surface area contributed by atoms with Crippen LogP contribution in [-0.4, -0.2) is 18.5 Å². The summed E-state index contributed by atoms with van der Waals surface area (Å²) in [6.45, 7) is 11.4. The van der Waals surface area contributed by atoms with Crippen LogP contribution in [0.1, 0.15) is 43.4 Å². The highest BCUT2D eigenvalue weighted by Crippen LogP contribution is 2.31. The first-order chi connectivity index (χ1) is 9.31. The van der Waals surface area contributed by atoms with Crippen molar-refractivity contribution < 1.29 is 4.79 Å². The van der Waals surface area contributed by atoms with E-state index in [2.05, 4.69) is 57.4 Å². The van der Waals surface area contributed by atoms with E-state index in [1.807, 2.05) is 0 Å². The minimum absolute atomic E-state index is 0.00877. The van der Waals surface area contributed by atoms with E-state index < -0.39 is 0 Å². The van der Waals surface area contributed by atoms with Gasteiger partial charge >= 0.3 is 0 Å². The third-order valence-electron chi connectivity index (χ3n) is 4.32. The second-order valence-corrected chi connectivity index (χ2v) is 6.74. The van der Waals surface area contributed by atoms with E-state index in [-0.39, 0.29) is 17.4 Å². The SMILES string of the molecule is Cc1cc(C)c(NC(=O)C2NCCCC2(C)C)c(C)c1. The second-order valence-electron chi connectivity index (χ2n) is 6.74. The van der Waals surface area contributed by atoms with Crippen molar-refractivity contribution in [3.8, 4) is 0 Å². The van der Waals surface area contributed by atoms with Gasteiger partial charge in [0.15, 0.2) is 0 Å². The van der Waals surface area contributed by atoms with Crippen LogP contribution in [0.2, 0.25) is 0 Å². The lowest BCUT2D eigenvalue weighted by Gasteiger charge is -2.38. The molecule has 0 spiro atoms. The predicted molar refractivity (Wildman–Crippen MR) is 84.1 cm³/mol. The van der Waals surface area contributed by atoms with Crippen LogP contribution in [-0.2, 0) is 4.79 Å². The van der Waals surface area contributed by atoms with Gasteiger partial charge in [0.1, 0.15) is 0 Å². The maximum atomic E-state index is 12.6. The Morgan fingerprint density at radius 2 is 1.85 bits per heavy atom. The van der Waals surface area contributed by atoms with Gasteiger partial charge in [-0.15, -0.1) is 0 Å². The first-order valence-corrected chi connectivity index (χ1v) is 7.43. The molecule has 1 aromatic carbocycles. The molecule has 1 unspecified atom stereocenters. The minimum Gasteiger partial charge on any atom is -0.324 e. The van der Waals surface area contributed by atoms with Gasteiger partial charge in [0, 0.05) is 5.69 Å². The number of hydrogen-bond donors (Lipinski definition) is 2. The largest absolute Gasteiger partial charge is 0.324 e. The Morgan fingerprint density at radius 3 is 2.40 bits per heavy atom. The first-order valence-electron chi connectivity index (χ1n) is 7.43. The Morgan fingerprint density at radius 1 is 1.25 bits per heavy atom. The van der Waals surface area contributed by atoms with Crippen LogP contribution in [0.15, 0.2) is 12.1 Å². The number of aryl methyl sites for hydroxylation is 3. The third-order valence-corrected chi connectivity index (χ3v) is 4.32. The van der Waals surface area contributed by atoms with Crippen molar-refractivity contribution in [2.75, 3.05) is 11.9 Å². The molecule has 1 fully saturated rings. The predicted octanol–water partition coefficient (Wildman–Crippen LogP) is 3.33.